The fraction of sp³-hybridized carbons (Fsp3) is 0.444. The second-order valence-corrected chi connectivity index (χ2v) is 6.12. The summed E-state index contributed by atoms with van der Waals surface area (Å²) in [6.07, 6.45) is 3.63. The Balaban J connectivity index is 1.48. The number of likely N-dealkylation sites (tertiary alicyclic amines) is 1. The molecule has 116 valence electrons. The summed E-state index contributed by atoms with van der Waals surface area (Å²) in [5, 5.41) is 3.90. The van der Waals surface area contributed by atoms with Gasteiger partial charge in [-0.05, 0) is 37.7 Å². The van der Waals surface area contributed by atoms with E-state index in [2.05, 4.69) is 35.5 Å². The van der Waals surface area contributed by atoms with Crippen LogP contribution in [0, 0.1) is 12.8 Å². The van der Waals surface area contributed by atoms with Crippen LogP contribution in [0.1, 0.15) is 29.9 Å². The molecule has 1 fully saturated rings. The minimum atomic E-state index is 0.159. The van der Waals surface area contributed by atoms with Gasteiger partial charge >= 0.3 is 0 Å². The molecule has 0 radical (unpaired) electrons. The van der Waals surface area contributed by atoms with Crippen LogP contribution in [0.5, 0.6) is 0 Å². The Kier molecular flexibility index (Phi) is 4.56. The van der Waals surface area contributed by atoms with Crippen LogP contribution >= 0.6 is 0 Å². The van der Waals surface area contributed by atoms with Crippen molar-refractivity contribution in [2.45, 2.75) is 32.6 Å². The summed E-state index contributed by atoms with van der Waals surface area (Å²) in [5.41, 5.74) is 2.12. The molecule has 0 unspecified atom stereocenters. The number of hydrogen-bond donors (Lipinski definition) is 0. The Labute approximate surface area is 131 Å². The lowest BCUT2D eigenvalue weighted by Gasteiger charge is -2.32. The number of benzene rings is 1. The fourth-order valence-corrected chi connectivity index (χ4v) is 3.10. The lowest BCUT2D eigenvalue weighted by Crippen LogP contribution is -2.39. The van der Waals surface area contributed by atoms with Gasteiger partial charge in [-0.2, -0.15) is 0 Å². The van der Waals surface area contributed by atoms with Gasteiger partial charge in [-0.3, -0.25) is 4.79 Å². The third-order valence-electron chi connectivity index (χ3n) is 4.34. The molecule has 1 aliphatic heterocycles. The smallest absolute Gasteiger partial charge is 0.228 e. The van der Waals surface area contributed by atoms with Crippen LogP contribution in [0.4, 0.5) is 0 Å². The Bertz CT molecular complexity index is 613. The van der Waals surface area contributed by atoms with E-state index in [9.17, 15) is 4.79 Å². The van der Waals surface area contributed by atoms with Crippen LogP contribution in [0.3, 0.4) is 0 Å². The average Bonchev–Trinajstić information content (AvgIpc) is 2.94. The van der Waals surface area contributed by atoms with Crippen molar-refractivity contribution in [2.75, 3.05) is 13.1 Å². The van der Waals surface area contributed by atoms with Gasteiger partial charge in [-0.25, -0.2) is 0 Å². The number of piperidine rings is 1. The second-order valence-electron chi connectivity index (χ2n) is 6.12. The molecule has 1 amide bonds. The molecule has 0 atom stereocenters. The quantitative estimate of drug-likeness (QED) is 0.871. The summed E-state index contributed by atoms with van der Waals surface area (Å²) in [6.45, 7) is 3.55. The summed E-state index contributed by atoms with van der Waals surface area (Å²) in [7, 11) is 0. The van der Waals surface area contributed by atoms with Crippen LogP contribution in [0.15, 0.2) is 40.9 Å². The van der Waals surface area contributed by atoms with Crippen LogP contribution in [-0.4, -0.2) is 29.1 Å². The van der Waals surface area contributed by atoms with E-state index in [0.29, 0.717) is 12.3 Å². The first-order valence-corrected chi connectivity index (χ1v) is 7.94. The number of rotatable bonds is 4. The molecule has 2 heterocycles. The van der Waals surface area contributed by atoms with Gasteiger partial charge in [-0.15, -0.1) is 0 Å². The molecule has 3 rings (SSSR count). The number of carbonyl (C=O) groups is 1. The monoisotopic (exact) mass is 298 g/mol. The van der Waals surface area contributed by atoms with Crippen LogP contribution in [0.25, 0.3) is 0 Å². The van der Waals surface area contributed by atoms with Crippen molar-refractivity contribution in [2.24, 2.45) is 5.92 Å². The second kappa shape index (κ2) is 6.77. The first-order valence-electron chi connectivity index (χ1n) is 7.94. The summed E-state index contributed by atoms with van der Waals surface area (Å²) in [6, 6.07) is 12.4. The molecule has 0 N–H and O–H groups in total. The Morgan fingerprint density at radius 3 is 2.64 bits per heavy atom. The van der Waals surface area contributed by atoms with E-state index in [1.54, 1.807) is 0 Å². The van der Waals surface area contributed by atoms with Gasteiger partial charge in [0.25, 0.3) is 0 Å². The minimum absolute atomic E-state index is 0.159. The molecule has 22 heavy (non-hydrogen) atoms. The van der Waals surface area contributed by atoms with Crippen molar-refractivity contribution < 1.29 is 9.32 Å². The van der Waals surface area contributed by atoms with E-state index in [0.717, 1.165) is 43.8 Å². The molecule has 0 bridgehead atoms. The Hall–Kier alpha value is -2.10. The molecular weight excluding hydrogens is 276 g/mol. The molecule has 1 saturated heterocycles. The predicted molar refractivity (Wildman–Crippen MR) is 84.4 cm³/mol. The van der Waals surface area contributed by atoms with Crippen LogP contribution in [-0.2, 0) is 17.6 Å². The molecule has 2 aromatic rings. The molecule has 0 aliphatic carbocycles. The van der Waals surface area contributed by atoms with E-state index in [1.807, 2.05) is 17.9 Å². The normalized spacial score (nSPS) is 16.0. The van der Waals surface area contributed by atoms with E-state index in [-0.39, 0.29) is 5.91 Å². The number of hydrogen-bond acceptors (Lipinski definition) is 3. The van der Waals surface area contributed by atoms with Gasteiger partial charge < -0.3 is 9.42 Å². The first-order chi connectivity index (χ1) is 10.7. The molecule has 1 aromatic heterocycles. The van der Waals surface area contributed by atoms with E-state index in [4.69, 9.17) is 4.52 Å². The van der Waals surface area contributed by atoms with Gasteiger partial charge in [-0.1, -0.05) is 35.5 Å². The Morgan fingerprint density at radius 1 is 1.27 bits per heavy atom. The van der Waals surface area contributed by atoms with Gasteiger partial charge in [0.05, 0.1) is 12.1 Å². The molecule has 4 nitrogen and oxygen atoms in total. The lowest BCUT2D eigenvalue weighted by molar-refractivity contribution is -0.131. The number of nitrogens with zero attached hydrogens (tertiary/aromatic N) is 2. The van der Waals surface area contributed by atoms with Crippen molar-refractivity contribution in [3.05, 3.63) is 53.4 Å². The maximum absolute atomic E-state index is 12.3. The number of aryl methyl sites for hydroxylation is 1. The summed E-state index contributed by atoms with van der Waals surface area (Å²) in [4.78, 5) is 14.2. The van der Waals surface area contributed by atoms with Crippen molar-refractivity contribution in [3.63, 3.8) is 0 Å². The van der Waals surface area contributed by atoms with E-state index in [1.165, 1.54) is 5.56 Å². The van der Waals surface area contributed by atoms with Gasteiger partial charge in [0.2, 0.25) is 5.91 Å². The number of aromatic nitrogens is 1. The van der Waals surface area contributed by atoms with E-state index >= 15 is 0 Å². The van der Waals surface area contributed by atoms with Gasteiger partial charge in [0, 0.05) is 19.2 Å². The standard InChI is InChI=1S/C18H22N2O2/c1-14-11-17(19-22-14)13-18(21)20-9-7-16(8-10-20)12-15-5-3-2-4-6-15/h2-6,11,16H,7-10,12-13H2,1H3. The highest BCUT2D eigenvalue weighted by atomic mass is 16.5. The fourth-order valence-electron chi connectivity index (χ4n) is 3.10. The molecule has 0 spiro atoms. The van der Waals surface area contributed by atoms with Gasteiger partial charge in [0.15, 0.2) is 0 Å². The van der Waals surface area contributed by atoms with Crippen LogP contribution < -0.4 is 0 Å². The average molecular weight is 298 g/mol. The SMILES string of the molecule is Cc1cc(CC(=O)N2CCC(Cc3ccccc3)CC2)no1. The van der Waals surface area contributed by atoms with E-state index < -0.39 is 0 Å². The predicted octanol–water partition coefficient (Wildman–Crippen LogP) is 3.01. The maximum atomic E-state index is 12.3. The van der Waals surface area contributed by atoms with Crippen LogP contribution in [0.2, 0.25) is 0 Å². The number of carbonyl (C=O) groups excluding carboxylic acids is 1. The van der Waals surface area contributed by atoms with Crippen molar-refractivity contribution >= 4 is 5.91 Å². The lowest BCUT2D eigenvalue weighted by atomic mass is 9.90. The van der Waals surface area contributed by atoms with Crippen molar-refractivity contribution in [1.82, 2.24) is 10.1 Å². The summed E-state index contributed by atoms with van der Waals surface area (Å²) >= 11 is 0. The zero-order valence-electron chi connectivity index (χ0n) is 13.0. The van der Waals surface area contributed by atoms with Gasteiger partial charge in [0.1, 0.15) is 5.76 Å². The first kappa shape index (κ1) is 14.8. The molecule has 4 heteroatoms. The zero-order chi connectivity index (χ0) is 15.4. The summed E-state index contributed by atoms with van der Waals surface area (Å²) < 4.78 is 5.02. The highest BCUT2D eigenvalue weighted by molar-refractivity contribution is 5.78. The highest BCUT2D eigenvalue weighted by Crippen LogP contribution is 2.22. The number of amides is 1. The maximum Gasteiger partial charge on any atom is 0.228 e. The third-order valence-corrected chi connectivity index (χ3v) is 4.34. The highest BCUT2D eigenvalue weighted by Gasteiger charge is 2.23. The minimum Gasteiger partial charge on any atom is -0.361 e. The molecule has 0 saturated carbocycles. The largest absolute Gasteiger partial charge is 0.361 e. The van der Waals surface area contributed by atoms with Crippen molar-refractivity contribution in [3.8, 4) is 0 Å². The molecule has 1 aliphatic rings. The van der Waals surface area contributed by atoms with Crippen molar-refractivity contribution in [1.29, 1.82) is 0 Å². The molecular formula is C18H22N2O2. The Morgan fingerprint density at radius 2 is 2.00 bits per heavy atom. The summed E-state index contributed by atoms with van der Waals surface area (Å²) in [5.74, 6) is 1.59. The molecule has 1 aromatic carbocycles. The third kappa shape index (κ3) is 3.75. The topological polar surface area (TPSA) is 46.3 Å². The zero-order valence-corrected chi connectivity index (χ0v) is 13.0.